The van der Waals surface area contributed by atoms with Crippen molar-refractivity contribution in [1.82, 2.24) is 10.6 Å². The lowest BCUT2D eigenvalue weighted by Crippen LogP contribution is -2.37. The quantitative estimate of drug-likeness (QED) is 0.729. The molecule has 3 N–H and O–H groups in total. The molecule has 0 aliphatic carbocycles. The van der Waals surface area contributed by atoms with Crippen molar-refractivity contribution in [3.05, 3.63) is 71.3 Å². The predicted molar refractivity (Wildman–Crippen MR) is 87.5 cm³/mol. The highest BCUT2D eigenvalue weighted by Gasteiger charge is 2.08. The first-order chi connectivity index (χ1) is 11.6. The SMILES string of the molecule is O=C(NCCc1ccc(F)cc1F)NCCC(O)c1ccccc1. The van der Waals surface area contributed by atoms with Crippen LogP contribution in [0, 0.1) is 11.6 Å². The summed E-state index contributed by atoms with van der Waals surface area (Å²) in [6.07, 6.45) is 0.0238. The van der Waals surface area contributed by atoms with E-state index in [0.29, 0.717) is 18.5 Å². The van der Waals surface area contributed by atoms with E-state index in [1.807, 2.05) is 30.3 Å². The average Bonchev–Trinajstić information content (AvgIpc) is 2.57. The first-order valence-corrected chi connectivity index (χ1v) is 7.75. The molecule has 2 amide bonds. The van der Waals surface area contributed by atoms with Crippen LogP contribution in [0.25, 0.3) is 0 Å². The number of aliphatic hydroxyl groups is 1. The first kappa shape index (κ1) is 17.9. The van der Waals surface area contributed by atoms with E-state index in [2.05, 4.69) is 10.6 Å². The molecule has 0 radical (unpaired) electrons. The second-order valence-corrected chi connectivity index (χ2v) is 5.38. The van der Waals surface area contributed by atoms with Gasteiger partial charge in [0, 0.05) is 19.2 Å². The third-order valence-electron chi connectivity index (χ3n) is 3.58. The number of urea groups is 1. The zero-order chi connectivity index (χ0) is 17.4. The lowest BCUT2D eigenvalue weighted by Gasteiger charge is -2.12. The monoisotopic (exact) mass is 334 g/mol. The molecular formula is C18H20F2N2O2. The maximum Gasteiger partial charge on any atom is 0.314 e. The molecule has 6 heteroatoms. The summed E-state index contributed by atoms with van der Waals surface area (Å²) in [6.45, 7) is 0.544. The van der Waals surface area contributed by atoms with Crippen LogP contribution in [0.3, 0.4) is 0 Å². The fourth-order valence-corrected chi connectivity index (χ4v) is 2.26. The minimum Gasteiger partial charge on any atom is -0.388 e. The third kappa shape index (κ3) is 5.62. The maximum absolute atomic E-state index is 13.4. The number of benzene rings is 2. The zero-order valence-corrected chi connectivity index (χ0v) is 13.1. The van der Waals surface area contributed by atoms with Crippen LogP contribution in [-0.2, 0) is 6.42 Å². The summed E-state index contributed by atoms with van der Waals surface area (Å²) in [5.74, 6) is -1.25. The van der Waals surface area contributed by atoms with Crippen molar-refractivity contribution < 1.29 is 18.7 Å². The van der Waals surface area contributed by atoms with Gasteiger partial charge in [-0.05, 0) is 30.0 Å². The molecule has 4 nitrogen and oxygen atoms in total. The van der Waals surface area contributed by atoms with Crippen LogP contribution in [0.15, 0.2) is 48.5 Å². The molecular weight excluding hydrogens is 314 g/mol. The number of aliphatic hydroxyl groups excluding tert-OH is 1. The Balaban J connectivity index is 1.65. The van der Waals surface area contributed by atoms with Crippen molar-refractivity contribution in [2.75, 3.05) is 13.1 Å². The summed E-state index contributed by atoms with van der Waals surface area (Å²) in [7, 11) is 0. The number of nitrogens with one attached hydrogen (secondary N) is 2. The van der Waals surface area contributed by atoms with Crippen LogP contribution in [0.4, 0.5) is 13.6 Å². The van der Waals surface area contributed by atoms with Gasteiger partial charge in [-0.25, -0.2) is 13.6 Å². The van der Waals surface area contributed by atoms with E-state index in [-0.39, 0.29) is 13.0 Å². The first-order valence-electron chi connectivity index (χ1n) is 7.75. The van der Waals surface area contributed by atoms with Crippen LogP contribution in [0.5, 0.6) is 0 Å². The van der Waals surface area contributed by atoms with Crippen molar-refractivity contribution in [1.29, 1.82) is 0 Å². The van der Waals surface area contributed by atoms with Gasteiger partial charge < -0.3 is 15.7 Å². The summed E-state index contributed by atoms with van der Waals surface area (Å²) >= 11 is 0. The highest BCUT2D eigenvalue weighted by atomic mass is 19.1. The third-order valence-corrected chi connectivity index (χ3v) is 3.58. The minimum atomic E-state index is -0.639. The average molecular weight is 334 g/mol. The summed E-state index contributed by atoms with van der Waals surface area (Å²) in [5.41, 5.74) is 1.14. The van der Waals surface area contributed by atoms with Gasteiger partial charge >= 0.3 is 6.03 Å². The molecule has 0 spiro atoms. The molecule has 0 aliphatic rings. The molecule has 2 rings (SSSR count). The van der Waals surface area contributed by atoms with E-state index >= 15 is 0 Å². The highest BCUT2D eigenvalue weighted by Crippen LogP contribution is 2.14. The summed E-state index contributed by atoms with van der Waals surface area (Å²) in [5, 5.41) is 15.2. The van der Waals surface area contributed by atoms with Gasteiger partial charge in [-0.15, -0.1) is 0 Å². The highest BCUT2D eigenvalue weighted by molar-refractivity contribution is 5.73. The zero-order valence-electron chi connectivity index (χ0n) is 13.1. The minimum absolute atomic E-state index is 0.232. The van der Waals surface area contributed by atoms with Crippen LogP contribution in [0.2, 0.25) is 0 Å². The van der Waals surface area contributed by atoms with E-state index in [1.54, 1.807) is 0 Å². The summed E-state index contributed by atoms with van der Waals surface area (Å²) < 4.78 is 26.2. The molecule has 0 heterocycles. The molecule has 0 fully saturated rings. The van der Waals surface area contributed by atoms with Crippen molar-refractivity contribution in [2.45, 2.75) is 18.9 Å². The Morgan fingerprint density at radius 1 is 1.04 bits per heavy atom. The Morgan fingerprint density at radius 2 is 1.75 bits per heavy atom. The second-order valence-electron chi connectivity index (χ2n) is 5.38. The number of hydrogen-bond acceptors (Lipinski definition) is 2. The van der Waals surface area contributed by atoms with Crippen LogP contribution < -0.4 is 10.6 Å². The number of carbonyl (C=O) groups is 1. The maximum atomic E-state index is 13.4. The van der Waals surface area contributed by atoms with Crippen molar-refractivity contribution >= 4 is 6.03 Å². The fourth-order valence-electron chi connectivity index (χ4n) is 2.26. The molecule has 2 aromatic carbocycles. The molecule has 0 aromatic heterocycles. The molecule has 0 bridgehead atoms. The van der Waals surface area contributed by atoms with Crippen LogP contribution in [0.1, 0.15) is 23.7 Å². The number of rotatable bonds is 7. The number of amides is 2. The van der Waals surface area contributed by atoms with Crippen LogP contribution in [-0.4, -0.2) is 24.2 Å². The molecule has 1 unspecified atom stereocenters. The van der Waals surface area contributed by atoms with Gasteiger partial charge in [-0.2, -0.15) is 0 Å². The molecule has 1 atom stereocenters. The van der Waals surface area contributed by atoms with Gasteiger partial charge in [0.1, 0.15) is 11.6 Å². The van der Waals surface area contributed by atoms with Gasteiger partial charge in [0.25, 0.3) is 0 Å². The topological polar surface area (TPSA) is 61.4 Å². The van der Waals surface area contributed by atoms with Crippen LogP contribution >= 0.6 is 0 Å². The summed E-state index contributed by atoms with van der Waals surface area (Å²) in [4.78, 5) is 11.6. The largest absolute Gasteiger partial charge is 0.388 e. The summed E-state index contributed by atoms with van der Waals surface area (Å²) in [6, 6.07) is 12.2. The number of carbonyl (C=O) groups excluding carboxylic acids is 1. The molecule has 0 saturated carbocycles. The molecule has 24 heavy (non-hydrogen) atoms. The van der Waals surface area contributed by atoms with Gasteiger partial charge in [0.15, 0.2) is 0 Å². The molecule has 0 saturated heterocycles. The number of halogens is 2. The Morgan fingerprint density at radius 3 is 2.46 bits per heavy atom. The Bertz CT molecular complexity index is 665. The van der Waals surface area contributed by atoms with E-state index in [0.717, 1.165) is 11.6 Å². The molecule has 128 valence electrons. The van der Waals surface area contributed by atoms with E-state index in [1.165, 1.54) is 12.1 Å². The van der Waals surface area contributed by atoms with Gasteiger partial charge in [-0.3, -0.25) is 0 Å². The smallest absolute Gasteiger partial charge is 0.314 e. The van der Waals surface area contributed by atoms with Crippen molar-refractivity contribution in [3.8, 4) is 0 Å². The van der Waals surface area contributed by atoms with Crippen molar-refractivity contribution in [3.63, 3.8) is 0 Å². The molecule has 2 aromatic rings. The fraction of sp³-hybridized carbons (Fsp3) is 0.278. The Labute approximate surface area is 139 Å². The predicted octanol–water partition coefficient (Wildman–Crippen LogP) is 2.93. The Hall–Kier alpha value is -2.47. The number of hydrogen-bond donors (Lipinski definition) is 3. The van der Waals surface area contributed by atoms with Gasteiger partial charge in [0.2, 0.25) is 0 Å². The van der Waals surface area contributed by atoms with Gasteiger partial charge in [0.05, 0.1) is 6.10 Å². The van der Waals surface area contributed by atoms with Crippen molar-refractivity contribution in [2.24, 2.45) is 0 Å². The molecule has 0 aliphatic heterocycles. The van der Waals surface area contributed by atoms with E-state index in [9.17, 15) is 18.7 Å². The van der Waals surface area contributed by atoms with E-state index < -0.39 is 23.8 Å². The Kier molecular flexibility index (Phi) is 6.69. The van der Waals surface area contributed by atoms with E-state index in [4.69, 9.17) is 0 Å². The lowest BCUT2D eigenvalue weighted by atomic mass is 10.1. The standard InChI is InChI=1S/C18H20F2N2O2/c19-15-7-6-13(16(20)12-15)8-10-21-18(24)22-11-9-17(23)14-4-2-1-3-5-14/h1-7,12,17,23H,8-11H2,(H2,21,22,24). The van der Waals surface area contributed by atoms with Gasteiger partial charge in [-0.1, -0.05) is 36.4 Å². The normalized spacial score (nSPS) is 11.8. The lowest BCUT2D eigenvalue weighted by molar-refractivity contribution is 0.167. The second kappa shape index (κ2) is 8.98.